The number of anilines is 1. The average Bonchev–Trinajstić information content (AvgIpc) is 2.77. The fourth-order valence-electron chi connectivity index (χ4n) is 1.52. The number of nitrogen functional groups attached to an aromatic ring is 1. The summed E-state index contributed by atoms with van der Waals surface area (Å²) in [5, 5.41) is 1.12. The quantitative estimate of drug-likeness (QED) is 0.696. The molecule has 0 atom stereocenters. The number of halogens is 1. The van der Waals surface area contributed by atoms with Crippen LogP contribution >= 0.6 is 23.4 Å². The van der Waals surface area contributed by atoms with Gasteiger partial charge in [-0.3, -0.25) is 0 Å². The molecule has 0 saturated carbocycles. The van der Waals surface area contributed by atoms with Crippen LogP contribution in [0.4, 0.5) is 5.69 Å². The number of rotatable bonds is 3. The lowest BCUT2D eigenvalue weighted by Crippen LogP contribution is -2.05. The van der Waals surface area contributed by atoms with Crippen LogP contribution in [0.15, 0.2) is 34.6 Å². The molecular formula is C12H12ClN3O2S. The molecule has 0 aliphatic heterocycles. The van der Waals surface area contributed by atoms with E-state index in [0.717, 1.165) is 5.16 Å². The van der Waals surface area contributed by atoms with E-state index in [0.29, 0.717) is 21.2 Å². The zero-order valence-electron chi connectivity index (χ0n) is 10.4. The van der Waals surface area contributed by atoms with Crippen LogP contribution in [-0.2, 0) is 11.8 Å². The van der Waals surface area contributed by atoms with E-state index in [-0.39, 0.29) is 0 Å². The molecule has 1 aromatic heterocycles. The largest absolute Gasteiger partial charge is 0.465 e. The van der Waals surface area contributed by atoms with Gasteiger partial charge >= 0.3 is 5.97 Å². The van der Waals surface area contributed by atoms with E-state index in [1.807, 2.05) is 17.8 Å². The molecule has 100 valence electrons. The molecule has 0 radical (unpaired) electrons. The lowest BCUT2D eigenvalue weighted by atomic mass is 10.2. The van der Waals surface area contributed by atoms with Gasteiger partial charge in [0.2, 0.25) is 0 Å². The van der Waals surface area contributed by atoms with Gasteiger partial charge in [-0.1, -0.05) is 11.6 Å². The van der Waals surface area contributed by atoms with Crippen molar-refractivity contribution in [1.82, 2.24) is 9.55 Å². The number of aryl methyl sites for hydroxylation is 1. The Morgan fingerprint density at radius 2 is 2.26 bits per heavy atom. The maximum absolute atomic E-state index is 11.8. The molecule has 1 aromatic carbocycles. The minimum Gasteiger partial charge on any atom is -0.465 e. The predicted molar refractivity (Wildman–Crippen MR) is 74.5 cm³/mol. The summed E-state index contributed by atoms with van der Waals surface area (Å²) in [5.41, 5.74) is 6.45. The fraction of sp³-hybridized carbons (Fsp3) is 0.167. The van der Waals surface area contributed by atoms with Crippen LogP contribution in [0, 0.1) is 0 Å². The third kappa shape index (κ3) is 2.85. The number of esters is 1. The summed E-state index contributed by atoms with van der Waals surface area (Å²) in [6, 6.07) is 3.14. The van der Waals surface area contributed by atoms with Gasteiger partial charge in [0, 0.05) is 30.0 Å². The maximum Gasteiger partial charge on any atom is 0.339 e. The lowest BCUT2D eigenvalue weighted by Gasteiger charge is -2.10. The van der Waals surface area contributed by atoms with E-state index in [4.69, 9.17) is 22.1 Å². The second-order valence-electron chi connectivity index (χ2n) is 3.79. The van der Waals surface area contributed by atoms with Gasteiger partial charge in [-0.05, 0) is 23.9 Å². The monoisotopic (exact) mass is 297 g/mol. The van der Waals surface area contributed by atoms with Gasteiger partial charge < -0.3 is 15.0 Å². The van der Waals surface area contributed by atoms with Crippen molar-refractivity contribution in [3.63, 3.8) is 0 Å². The second-order valence-corrected chi connectivity index (χ2v) is 5.18. The van der Waals surface area contributed by atoms with Crippen molar-refractivity contribution in [1.29, 1.82) is 0 Å². The van der Waals surface area contributed by atoms with Gasteiger partial charge in [0.15, 0.2) is 5.16 Å². The molecule has 2 rings (SSSR count). The molecule has 0 amide bonds. The Kier molecular flexibility index (Phi) is 4.01. The van der Waals surface area contributed by atoms with Crippen molar-refractivity contribution in [2.24, 2.45) is 7.05 Å². The van der Waals surface area contributed by atoms with Gasteiger partial charge in [0.1, 0.15) is 0 Å². The number of benzene rings is 1. The minimum absolute atomic E-state index is 0.334. The Balaban J connectivity index is 2.49. The van der Waals surface area contributed by atoms with Crippen molar-refractivity contribution in [3.8, 4) is 0 Å². The Labute approximate surface area is 119 Å². The van der Waals surface area contributed by atoms with Gasteiger partial charge in [-0.25, -0.2) is 9.78 Å². The van der Waals surface area contributed by atoms with Gasteiger partial charge in [-0.15, -0.1) is 0 Å². The van der Waals surface area contributed by atoms with E-state index < -0.39 is 5.97 Å². The van der Waals surface area contributed by atoms with Crippen molar-refractivity contribution >= 4 is 35.0 Å². The summed E-state index contributed by atoms with van der Waals surface area (Å²) >= 11 is 7.45. The van der Waals surface area contributed by atoms with Crippen LogP contribution in [0.25, 0.3) is 0 Å². The molecule has 0 unspecified atom stereocenters. The third-order valence-corrected chi connectivity index (χ3v) is 4.07. The molecule has 2 aromatic rings. The molecule has 7 heteroatoms. The first kappa shape index (κ1) is 13.8. The first-order valence-electron chi connectivity index (χ1n) is 5.35. The van der Waals surface area contributed by atoms with Crippen molar-refractivity contribution in [3.05, 3.63) is 35.1 Å². The van der Waals surface area contributed by atoms with Crippen LogP contribution in [0.2, 0.25) is 5.02 Å². The van der Waals surface area contributed by atoms with Crippen LogP contribution in [0.1, 0.15) is 10.4 Å². The Morgan fingerprint density at radius 3 is 2.84 bits per heavy atom. The lowest BCUT2D eigenvalue weighted by molar-refractivity contribution is 0.0597. The number of methoxy groups -OCH3 is 1. The average molecular weight is 298 g/mol. The highest BCUT2D eigenvalue weighted by Crippen LogP contribution is 2.37. The molecule has 0 saturated heterocycles. The highest BCUT2D eigenvalue weighted by atomic mass is 35.5. The van der Waals surface area contributed by atoms with E-state index >= 15 is 0 Å². The Bertz CT molecular complexity index is 627. The van der Waals surface area contributed by atoms with Crippen LogP contribution in [0.5, 0.6) is 0 Å². The second kappa shape index (κ2) is 5.54. The summed E-state index contributed by atoms with van der Waals surface area (Å²) in [6.07, 6.45) is 3.48. The fourth-order valence-corrected chi connectivity index (χ4v) is 2.77. The van der Waals surface area contributed by atoms with E-state index in [2.05, 4.69) is 4.98 Å². The highest BCUT2D eigenvalue weighted by molar-refractivity contribution is 7.99. The first-order valence-corrected chi connectivity index (χ1v) is 6.55. The smallest absolute Gasteiger partial charge is 0.339 e. The summed E-state index contributed by atoms with van der Waals surface area (Å²) in [4.78, 5) is 16.5. The maximum atomic E-state index is 11.8. The molecule has 2 N–H and O–H groups in total. The number of carbonyl (C=O) groups excluding carboxylic acids is 1. The number of ether oxygens (including phenoxy) is 1. The molecule has 5 nitrogen and oxygen atoms in total. The van der Waals surface area contributed by atoms with Crippen molar-refractivity contribution in [2.45, 2.75) is 10.1 Å². The van der Waals surface area contributed by atoms with E-state index in [1.165, 1.54) is 18.9 Å². The highest BCUT2D eigenvalue weighted by Gasteiger charge is 2.18. The van der Waals surface area contributed by atoms with Crippen LogP contribution in [-0.4, -0.2) is 22.6 Å². The third-order valence-electron chi connectivity index (χ3n) is 2.44. The number of hydrogen-bond acceptors (Lipinski definition) is 5. The Hall–Kier alpha value is -1.66. The molecule has 0 spiro atoms. The zero-order chi connectivity index (χ0) is 14.0. The molecule has 0 aliphatic rings. The normalized spacial score (nSPS) is 10.5. The standard InChI is InChI=1S/C12H12ClN3O2S/c1-16-4-3-15-12(16)19-10-8(11(17)18-2)5-7(14)6-9(10)13/h3-6H,14H2,1-2H3. The van der Waals surface area contributed by atoms with E-state index in [9.17, 15) is 4.79 Å². The Morgan fingerprint density at radius 1 is 1.53 bits per heavy atom. The topological polar surface area (TPSA) is 70.1 Å². The van der Waals surface area contributed by atoms with Gasteiger partial charge in [0.25, 0.3) is 0 Å². The molecule has 1 heterocycles. The van der Waals surface area contributed by atoms with E-state index in [1.54, 1.807) is 18.3 Å². The minimum atomic E-state index is -0.481. The van der Waals surface area contributed by atoms with Crippen molar-refractivity contribution < 1.29 is 9.53 Å². The summed E-state index contributed by atoms with van der Waals surface area (Å²) in [5.74, 6) is -0.481. The molecule has 0 bridgehead atoms. The number of aromatic nitrogens is 2. The van der Waals surface area contributed by atoms with Crippen molar-refractivity contribution in [2.75, 3.05) is 12.8 Å². The zero-order valence-corrected chi connectivity index (χ0v) is 12.0. The summed E-state index contributed by atoms with van der Waals surface area (Å²) < 4.78 is 6.57. The first-order chi connectivity index (χ1) is 9.02. The molecule has 0 fully saturated rings. The number of imidazole rings is 1. The SMILES string of the molecule is COC(=O)c1cc(N)cc(Cl)c1Sc1nccn1C. The molecular weight excluding hydrogens is 286 g/mol. The number of nitrogens with zero attached hydrogens (tertiary/aromatic N) is 2. The number of hydrogen-bond donors (Lipinski definition) is 1. The van der Waals surface area contributed by atoms with Crippen LogP contribution in [0.3, 0.4) is 0 Å². The predicted octanol–water partition coefficient (Wildman–Crippen LogP) is 2.59. The van der Waals surface area contributed by atoms with Gasteiger partial charge in [-0.2, -0.15) is 0 Å². The van der Waals surface area contributed by atoms with Gasteiger partial charge in [0.05, 0.1) is 17.7 Å². The molecule has 0 aliphatic carbocycles. The number of carbonyl (C=O) groups is 1. The van der Waals surface area contributed by atoms with Crippen LogP contribution < -0.4 is 5.73 Å². The summed E-state index contributed by atoms with van der Waals surface area (Å²) in [7, 11) is 3.17. The summed E-state index contributed by atoms with van der Waals surface area (Å²) in [6.45, 7) is 0. The number of nitrogens with two attached hydrogens (primary N) is 1. The molecule has 19 heavy (non-hydrogen) atoms.